The lowest BCUT2D eigenvalue weighted by molar-refractivity contribution is 0.354. The van der Waals surface area contributed by atoms with E-state index in [1.54, 1.807) is 0 Å². The first-order valence-electron chi connectivity index (χ1n) is 6.69. The van der Waals surface area contributed by atoms with E-state index < -0.39 is 0 Å². The van der Waals surface area contributed by atoms with Gasteiger partial charge in [0.15, 0.2) is 0 Å². The van der Waals surface area contributed by atoms with E-state index >= 15 is 0 Å². The van der Waals surface area contributed by atoms with Crippen molar-refractivity contribution in [3.05, 3.63) is 35.9 Å². The molecule has 0 aromatic heterocycles. The molecule has 2 bridgehead atoms. The molecule has 3 rings (SSSR count). The summed E-state index contributed by atoms with van der Waals surface area (Å²) in [6.45, 7) is 1.15. The highest BCUT2D eigenvalue weighted by Crippen LogP contribution is 2.44. The maximum absolute atomic E-state index is 3.76. The van der Waals surface area contributed by atoms with Gasteiger partial charge >= 0.3 is 0 Å². The fourth-order valence-corrected chi connectivity index (χ4v) is 3.54. The first-order chi connectivity index (χ1) is 7.92. The van der Waals surface area contributed by atoms with Gasteiger partial charge in [0.05, 0.1) is 0 Å². The van der Waals surface area contributed by atoms with E-state index in [1.165, 1.54) is 37.7 Å². The van der Waals surface area contributed by atoms with Crippen LogP contribution in [0.1, 0.15) is 31.2 Å². The molecule has 2 aliphatic rings. The second-order valence-corrected chi connectivity index (χ2v) is 5.47. The Morgan fingerprint density at radius 2 is 1.94 bits per heavy atom. The van der Waals surface area contributed by atoms with Crippen molar-refractivity contribution >= 4 is 0 Å². The Morgan fingerprint density at radius 1 is 1.06 bits per heavy atom. The van der Waals surface area contributed by atoms with Crippen LogP contribution in [0.5, 0.6) is 0 Å². The van der Waals surface area contributed by atoms with Crippen molar-refractivity contribution in [2.45, 2.75) is 38.1 Å². The van der Waals surface area contributed by atoms with E-state index in [-0.39, 0.29) is 0 Å². The summed E-state index contributed by atoms with van der Waals surface area (Å²) >= 11 is 0. The van der Waals surface area contributed by atoms with Crippen molar-refractivity contribution in [1.82, 2.24) is 5.32 Å². The summed E-state index contributed by atoms with van der Waals surface area (Å²) in [5.41, 5.74) is 1.46. The standard InChI is InChI=1S/C15H21N/c1-2-4-12(5-3-1)8-9-16-15-11-13-6-7-14(15)10-13/h1-5,13-16H,6-11H2/t13?,14?,15-/m1/s1. The van der Waals surface area contributed by atoms with Crippen LogP contribution in [-0.4, -0.2) is 12.6 Å². The smallest absolute Gasteiger partial charge is 0.00981 e. The molecule has 3 atom stereocenters. The molecule has 1 nitrogen and oxygen atoms in total. The van der Waals surface area contributed by atoms with Gasteiger partial charge in [-0.2, -0.15) is 0 Å². The average Bonchev–Trinajstić information content (AvgIpc) is 2.92. The molecule has 2 aliphatic carbocycles. The van der Waals surface area contributed by atoms with Crippen molar-refractivity contribution in [3.8, 4) is 0 Å². The van der Waals surface area contributed by atoms with Crippen LogP contribution >= 0.6 is 0 Å². The second-order valence-electron chi connectivity index (χ2n) is 5.47. The van der Waals surface area contributed by atoms with Gasteiger partial charge in [-0.15, -0.1) is 0 Å². The Kier molecular flexibility index (Phi) is 2.96. The quantitative estimate of drug-likeness (QED) is 0.814. The number of fused-ring (bicyclic) bond motifs is 2. The summed E-state index contributed by atoms with van der Waals surface area (Å²) in [6.07, 6.45) is 7.10. The topological polar surface area (TPSA) is 12.0 Å². The van der Waals surface area contributed by atoms with E-state index in [0.29, 0.717) is 0 Å². The lowest BCUT2D eigenvalue weighted by atomic mass is 9.95. The number of benzene rings is 1. The van der Waals surface area contributed by atoms with Crippen molar-refractivity contribution < 1.29 is 0 Å². The first-order valence-corrected chi connectivity index (χ1v) is 6.69. The fraction of sp³-hybridized carbons (Fsp3) is 0.600. The molecule has 1 aromatic rings. The van der Waals surface area contributed by atoms with Crippen LogP contribution in [0, 0.1) is 11.8 Å². The molecule has 1 aromatic carbocycles. The zero-order chi connectivity index (χ0) is 10.8. The van der Waals surface area contributed by atoms with E-state index in [0.717, 1.165) is 24.4 Å². The Hall–Kier alpha value is -0.820. The number of nitrogens with one attached hydrogen (secondary N) is 1. The molecule has 0 heterocycles. The van der Waals surface area contributed by atoms with Crippen molar-refractivity contribution in [3.63, 3.8) is 0 Å². The van der Waals surface area contributed by atoms with E-state index in [4.69, 9.17) is 0 Å². The van der Waals surface area contributed by atoms with Gasteiger partial charge in [-0.25, -0.2) is 0 Å². The number of rotatable bonds is 4. The molecule has 0 saturated heterocycles. The summed E-state index contributed by atoms with van der Waals surface area (Å²) in [7, 11) is 0. The van der Waals surface area contributed by atoms with Crippen LogP contribution in [0.2, 0.25) is 0 Å². The van der Waals surface area contributed by atoms with E-state index in [9.17, 15) is 0 Å². The van der Waals surface area contributed by atoms with Crippen molar-refractivity contribution in [1.29, 1.82) is 0 Å². The molecule has 1 heteroatoms. The van der Waals surface area contributed by atoms with Crippen molar-refractivity contribution in [2.24, 2.45) is 11.8 Å². The van der Waals surface area contributed by atoms with Crippen LogP contribution in [-0.2, 0) is 6.42 Å². The van der Waals surface area contributed by atoms with Gasteiger partial charge in [0.1, 0.15) is 0 Å². The fourth-order valence-electron chi connectivity index (χ4n) is 3.54. The van der Waals surface area contributed by atoms with E-state index in [2.05, 4.69) is 35.6 Å². The zero-order valence-corrected chi connectivity index (χ0v) is 9.86. The predicted molar refractivity (Wildman–Crippen MR) is 67.4 cm³/mol. The third kappa shape index (κ3) is 2.15. The van der Waals surface area contributed by atoms with Gasteiger partial charge in [0, 0.05) is 6.04 Å². The predicted octanol–water partition coefficient (Wildman–Crippen LogP) is 3.01. The van der Waals surface area contributed by atoms with Gasteiger partial charge in [-0.3, -0.25) is 0 Å². The highest BCUT2D eigenvalue weighted by Gasteiger charge is 2.38. The molecule has 86 valence electrons. The number of hydrogen-bond acceptors (Lipinski definition) is 1. The Morgan fingerprint density at radius 3 is 2.62 bits per heavy atom. The maximum Gasteiger partial charge on any atom is 0.00981 e. The molecule has 16 heavy (non-hydrogen) atoms. The highest BCUT2D eigenvalue weighted by atomic mass is 14.9. The zero-order valence-electron chi connectivity index (χ0n) is 9.86. The largest absolute Gasteiger partial charge is 0.313 e. The monoisotopic (exact) mass is 215 g/mol. The molecule has 2 fully saturated rings. The lowest BCUT2D eigenvalue weighted by Crippen LogP contribution is -2.35. The van der Waals surface area contributed by atoms with Gasteiger partial charge in [0.2, 0.25) is 0 Å². The minimum atomic E-state index is 0.836. The molecule has 2 unspecified atom stereocenters. The molecule has 0 amide bonds. The molecule has 1 N–H and O–H groups in total. The summed E-state index contributed by atoms with van der Waals surface area (Å²) < 4.78 is 0. The number of hydrogen-bond donors (Lipinski definition) is 1. The molecule has 0 radical (unpaired) electrons. The third-order valence-corrected chi connectivity index (χ3v) is 4.40. The molecule has 0 spiro atoms. The van der Waals surface area contributed by atoms with Crippen LogP contribution in [0.25, 0.3) is 0 Å². The molecule has 0 aliphatic heterocycles. The minimum Gasteiger partial charge on any atom is -0.313 e. The SMILES string of the molecule is c1ccc(CCN[C@@H]2CC3CCC2C3)cc1. The van der Waals surface area contributed by atoms with Crippen LogP contribution in [0.15, 0.2) is 30.3 Å². The van der Waals surface area contributed by atoms with Gasteiger partial charge in [0.25, 0.3) is 0 Å². The molecular weight excluding hydrogens is 194 g/mol. The second kappa shape index (κ2) is 4.58. The van der Waals surface area contributed by atoms with Gasteiger partial charge in [-0.1, -0.05) is 36.8 Å². The Balaban J connectivity index is 1.44. The third-order valence-electron chi connectivity index (χ3n) is 4.40. The molecule has 2 saturated carbocycles. The van der Waals surface area contributed by atoms with Gasteiger partial charge in [-0.05, 0) is 49.6 Å². The summed E-state index contributed by atoms with van der Waals surface area (Å²) in [5.74, 6) is 2.06. The summed E-state index contributed by atoms with van der Waals surface area (Å²) in [6, 6.07) is 11.6. The van der Waals surface area contributed by atoms with Crippen LogP contribution in [0.3, 0.4) is 0 Å². The van der Waals surface area contributed by atoms with E-state index in [1.807, 2.05) is 0 Å². The summed E-state index contributed by atoms with van der Waals surface area (Å²) in [4.78, 5) is 0. The normalized spacial score (nSPS) is 32.1. The maximum atomic E-state index is 3.76. The Bertz CT molecular complexity index is 333. The van der Waals surface area contributed by atoms with Gasteiger partial charge < -0.3 is 5.32 Å². The van der Waals surface area contributed by atoms with Crippen LogP contribution < -0.4 is 5.32 Å². The first kappa shape index (κ1) is 10.3. The minimum absolute atomic E-state index is 0.836. The highest BCUT2D eigenvalue weighted by molar-refractivity contribution is 5.14. The van der Waals surface area contributed by atoms with Crippen molar-refractivity contribution in [2.75, 3.05) is 6.54 Å². The lowest BCUT2D eigenvalue weighted by Gasteiger charge is -2.22. The summed E-state index contributed by atoms with van der Waals surface area (Å²) in [5, 5.41) is 3.76. The van der Waals surface area contributed by atoms with Crippen LogP contribution in [0.4, 0.5) is 0 Å². The molecular formula is C15H21N. The Labute approximate surface area is 98.3 Å². The average molecular weight is 215 g/mol.